The van der Waals surface area contributed by atoms with Crippen molar-refractivity contribution in [1.29, 1.82) is 0 Å². The molecule has 0 unspecified atom stereocenters. The van der Waals surface area contributed by atoms with Crippen molar-refractivity contribution in [3.05, 3.63) is 48.3 Å². The zero-order valence-corrected chi connectivity index (χ0v) is 13.5. The summed E-state index contributed by atoms with van der Waals surface area (Å²) in [6, 6.07) is 9.61. The lowest BCUT2D eigenvalue weighted by atomic mass is 10.3. The van der Waals surface area contributed by atoms with Gasteiger partial charge in [-0.05, 0) is 42.5 Å². The summed E-state index contributed by atoms with van der Waals surface area (Å²) in [5, 5.41) is 2.70. The van der Waals surface area contributed by atoms with Gasteiger partial charge in [-0.1, -0.05) is 0 Å². The molecule has 0 aliphatic carbocycles. The van der Waals surface area contributed by atoms with E-state index >= 15 is 0 Å². The summed E-state index contributed by atoms with van der Waals surface area (Å²) in [5.41, 5.74) is 0.749. The summed E-state index contributed by atoms with van der Waals surface area (Å²) in [6.07, 6.45) is 0.384. The van der Waals surface area contributed by atoms with Crippen LogP contribution in [0.3, 0.4) is 0 Å². The monoisotopic (exact) mass is 352 g/mol. The minimum absolute atomic E-state index is 0.0309. The third-order valence-electron chi connectivity index (χ3n) is 3.22. The molecule has 0 fully saturated rings. The van der Waals surface area contributed by atoms with E-state index in [1.807, 2.05) is 0 Å². The number of sulfonamides is 1. The Hall–Kier alpha value is -2.06. The first-order valence-electron chi connectivity index (χ1n) is 6.79. The average Bonchev–Trinajstić information content (AvgIpc) is 2.69. The third kappa shape index (κ3) is 3.65. The van der Waals surface area contributed by atoms with Gasteiger partial charge in [0.2, 0.25) is 5.91 Å². The van der Waals surface area contributed by atoms with E-state index in [-0.39, 0.29) is 16.5 Å². The van der Waals surface area contributed by atoms with E-state index in [1.165, 1.54) is 48.2 Å². The minimum Gasteiger partial charge on any atom is -0.325 e. The van der Waals surface area contributed by atoms with Crippen molar-refractivity contribution in [2.75, 3.05) is 15.8 Å². The summed E-state index contributed by atoms with van der Waals surface area (Å²) < 4.78 is 40.1. The number of carbonyl (C=O) groups is 1. The molecule has 2 aromatic rings. The topological polar surface area (TPSA) is 75.3 Å². The molecule has 3 rings (SSSR count). The number of anilines is 2. The zero-order valence-electron chi connectivity index (χ0n) is 11.9. The second-order valence-corrected chi connectivity index (χ2v) is 7.74. The smallest absolute Gasteiger partial charge is 0.261 e. The molecule has 0 saturated heterocycles. The van der Waals surface area contributed by atoms with Crippen LogP contribution in [0.2, 0.25) is 0 Å². The molecule has 1 aliphatic rings. The fourth-order valence-electron chi connectivity index (χ4n) is 2.10. The number of benzene rings is 2. The first-order chi connectivity index (χ1) is 10.9. The Kier molecular flexibility index (Phi) is 4.27. The van der Waals surface area contributed by atoms with E-state index in [0.29, 0.717) is 17.9 Å². The summed E-state index contributed by atoms with van der Waals surface area (Å²) in [5.74, 6) is 0.0636. The fourth-order valence-corrected chi connectivity index (χ4v) is 4.12. The Labute approximate surface area is 137 Å². The number of hydrogen-bond acceptors (Lipinski definition) is 4. The fraction of sp³-hybridized carbons (Fsp3) is 0.133. The maximum atomic E-state index is 12.9. The quantitative estimate of drug-likeness (QED) is 0.890. The molecular formula is C15H13FN2O3S2. The van der Waals surface area contributed by atoms with Crippen LogP contribution in [0.15, 0.2) is 52.3 Å². The highest BCUT2D eigenvalue weighted by Gasteiger charge is 2.19. The van der Waals surface area contributed by atoms with Crippen LogP contribution in [-0.2, 0) is 14.8 Å². The molecular weight excluding hydrogens is 339 g/mol. The third-order valence-corrected chi connectivity index (χ3v) is 5.67. The largest absolute Gasteiger partial charge is 0.325 e. The number of fused-ring (bicyclic) bond motifs is 1. The predicted molar refractivity (Wildman–Crippen MR) is 87.6 cm³/mol. The van der Waals surface area contributed by atoms with Crippen molar-refractivity contribution in [1.82, 2.24) is 0 Å². The van der Waals surface area contributed by atoms with Crippen LogP contribution in [-0.4, -0.2) is 20.1 Å². The van der Waals surface area contributed by atoms with E-state index in [0.717, 1.165) is 4.90 Å². The van der Waals surface area contributed by atoms with Crippen LogP contribution in [0.1, 0.15) is 6.42 Å². The molecule has 0 bridgehead atoms. The Morgan fingerprint density at radius 1 is 1.13 bits per heavy atom. The molecule has 2 aromatic carbocycles. The molecule has 0 aromatic heterocycles. The standard InChI is InChI=1S/C15H13FN2O3S2/c16-10-1-3-11(4-2-10)18-23(20,21)12-5-6-14-13(9-12)17-15(19)7-8-22-14/h1-6,9,18H,7-8H2,(H,17,19). The number of carbonyl (C=O) groups excluding carboxylic acids is 1. The lowest BCUT2D eigenvalue weighted by Gasteiger charge is -2.11. The highest BCUT2D eigenvalue weighted by Crippen LogP contribution is 2.33. The number of thioether (sulfide) groups is 1. The van der Waals surface area contributed by atoms with Crippen molar-refractivity contribution in [2.45, 2.75) is 16.2 Å². The Morgan fingerprint density at radius 2 is 1.87 bits per heavy atom. The summed E-state index contributed by atoms with van der Waals surface area (Å²) in [6.45, 7) is 0. The van der Waals surface area contributed by atoms with Crippen molar-refractivity contribution in [2.24, 2.45) is 0 Å². The van der Waals surface area contributed by atoms with Gasteiger partial charge in [0, 0.05) is 22.8 Å². The van der Waals surface area contributed by atoms with Crippen molar-refractivity contribution in [3.63, 3.8) is 0 Å². The van der Waals surface area contributed by atoms with E-state index in [4.69, 9.17) is 0 Å². The summed E-state index contributed by atoms with van der Waals surface area (Å²) in [4.78, 5) is 12.5. The first kappa shape index (κ1) is 15.8. The van der Waals surface area contributed by atoms with Crippen LogP contribution in [0.25, 0.3) is 0 Å². The van der Waals surface area contributed by atoms with Crippen LogP contribution in [0.4, 0.5) is 15.8 Å². The van der Waals surface area contributed by atoms with Gasteiger partial charge in [0.05, 0.1) is 10.6 Å². The van der Waals surface area contributed by atoms with E-state index in [1.54, 1.807) is 6.07 Å². The number of nitrogens with one attached hydrogen (secondary N) is 2. The highest BCUT2D eigenvalue weighted by molar-refractivity contribution is 7.99. The molecule has 2 N–H and O–H groups in total. The van der Waals surface area contributed by atoms with E-state index in [2.05, 4.69) is 10.0 Å². The molecule has 0 atom stereocenters. The highest BCUT2D eigenvalue weighted by atomic mass is 32.2. The van der Waals surface area contributed by atoms with Gasteiger partial charge in [-0.15, -0.1) is 11.8 Å². The maximum absolute atomic E-state index is 12.9. The molecule has 8 heteroatoms. The zero-order chi connectivity index (χ0) is 16.4. The molecule has 5 nitrogen and oxygen atoms in total. The van der Waals surface area contributed by atoms with Gasteiger partial charge >= 0.3 is 0 Å². The van der Waals surface area contributed by atoms with E-state index < -0.39 is 15.8 Å². The average molecular weight is 352 g/mol. The van der Waals surface area contributed by atoms with Crippen molar-refractivity contribution in [3.8, 4) is 0 Å². The number of halogens is 1. The van der Waals surface area contributed by atoms with Gasteiger partial charge in [-0.2, -0.15) is 0 Å². The van der Waals surface area contributed by atoms with Crippen LogP contribution in [0.5, 0.6) is 0 Å². The number of hydrogen-bond donors (Lipinski definition) is 2. The van der Waals surface area contributed by atoms with Gasteiger partial charge in [-0.25, -0.2) is 12.8 Å². The van der Waals surface area contributed by atoms with Crippen LogP contribution >= 0.6 is 11.8 Å². The van der Waals surface area contributed by atoms with Crippen LogP contribution < -0.4 is 10.0 Å². The first-order valence-corrected chi connectivity index (χ1v) is 9.26. The predicted octanol–water partition coefficient (Wildman–Crippen LogP) is 3.06. The van der Waals surface area contributed by atoms with E-state index in [9.17, 15) is 17.6 Å². The molecule has 0 radical (unpaired) electrons. The van der Waals surface area contributed by atoms with Crippen molar-refractivity contribution >= 4 is 39.1 Å². The molecule has 23 heavy (non-hydrogen) atoms. The molecule has 0 saturated carbocycles. The maximum Gasteiger partial charge on any atom is 0.261 e. The normalized spacial score (nSPS) is 14.6. The van der Waals surface area contributed by atoms with Gasteiger partial charge in [0.25, 0.3) is 10.0 Å². The summed E-state index contributed by atoms with van der Waals surface area (Å²) in [7, 11) is -3.82. The van der Waals surface area contributed by atoms with Gasteiger partial charge in [0.1, 0.15) is 5.82 Å². The Morgan fingerprint density at radius 3 is 2.61 bits per heavy atom. The molecule has 1 aliphatic heterocycles. The minimum atomic E-state index is -3.82. The second kappa shape index (κ2) is 6.21. The molecule has 1 amide bonds. The van der Waals surface area contributed by atoms with Crippen LogP contribution in [0, 0.1) is 5.82 Å². The molecule has 0 spiro atoms. The number of rotatable bonds is 3. The number of amides is 1. The lowest BCUT2D eigenvalue weighted by Crippen LogP contribution is -2.14. The van der Waals surface area contributed by atoms with Gasteiger partial charge in [-0.3, -0.25) is 9.52 Å². The lowest BCUT2D eigenvalue weighted by molar-refractivity contribution is -0.115. The second-order valence-electron chi connectivity index (χ2n) is 4.92. The summed E-state index contributed by atoms with van der Waals surface area (Å²) >= 11 is 1.50. The SMILES string of the molecule is O=C1CCSc2ccc(S(=O)(=O)Nc3ccc(F)cc3)cc2N1. The van der Waals surface area contributed by atoms with Crippen molar-refractivity contribution < 1.29 is 17.6 Å². The van der Waals surface area contributed by atoms with Gasteiger partial charge in [0.15, 0.2) is 0 Å². The molecule has 120 valence electrons. The Bertz CT molecular complexity index is 852. The molecule has 1 heterocycles. The Balaban J connectivity index is 1.91. The van der Waals surface area contributed by atoms with Gasteiger partial charge < -0.3 is 5.32 Å².